The summed E-state index contributed by atoms with van der Waals surface area (Å²) in [6.07, 6.45) is 8.05. The molecule has 3 atom stereocenters. The van der Waals surface area contributed by atoms with Gasteiger partial charge >= 0.3 is 0 Å². The molecule has 102 valence electrons. The number of rotatable bonds is 7. The molecule has 1 heterocycles. The molecule has 0 spiro atoms. The fraction of sp³-hybridized carbons (Fsp3) is 1.00. The third-order valence-corrected chi connectivity index (χ3v) is 4.37. The van der Waals surface area contributed by atoms with Gasteiger partial charge in [0.05, 0.1) is 0 Å². The van der Waals surface area contributed by atoms with E-state index in [0.29, 0.717) is 0 Å². The number of nitrogens with zero attached hydrogens (tertiary/aromatic N) is 1. The van der Waals surface area contributed by atoms with Crippen LogP contribution in [-0.2, 0) is 0 Å². The standard InChI is InChI=1S/C15H32N2/c1-13-11-14(2)15(3)17(12-13)10-8-6-4-5-7-9-16/h13-15H,4-12,16H2,1-3H3. The zero-order valence-corrected chi connectivity index (χ0v) is 12.1. The van der Waals surface area contributed by atoms with Crippen molar-refractivity contribution in [2.45, 2.75) is 65.3 Å². The summed E-state index contributed by atoms with van der Waals surface area (Å²) in [4.78, 5) is 2.71. The van der Waals surface area contributed by atoms with Gasteiger partial charge in [-0.05, 0) is 51.1 Å². The van der Waals surface area contributed by atoms with E-state index < -0.39 is 0 Å². The van der Waals surface area contributed by atoms with E-state index in [-0.39, 0.29) is 0 Å². The van der Waals surface area contributed by atoms with Crippen molar-refractivity contribution in [1.82, 2.24) is 4.90 Å². The van der Waals surface area contributed by atoms with Crippen molar-refractivity contribution >= 4 is 0 Å². The Balaban J connectivity index is 2.12. The SMILES string of the molecule is CC1CC(C)C(C)N(CCCCCCCN)C1. The second-order valence-electron chi connectivity index (χ2n) is 6.11. The normalized spacial score (nSPS) is 30.7. The van der Waals surface area contributed by atoms with Crippen molar-refractivity contribution in [2.75, 3.05) is 19.6 Å². The second kappa shape index (κ2) is 8.10. The molecule has 1 aliphatic heterocycles. The molecule has 0 aromatic heterocycles. The maximum Gasteiger partial charge on any atom is 0.00927 e. The molecule has 1 aliphatic rings. The zero-order chi connectivity index (χ0) is 12.7. The van der Waals surface area contributed by atoms with Crippen LogP contribution in [0.3, 0.4) is 0 Å². The van der Waals surface area contributed by atoms with Gasteiger partial charge in [0.15, 0.2) is 0 Å². The molecule has 3 unspecified atom stereocenters. The highest BCUT2D eigenvalue weighted by molar-refractivity contribution is 4.81. The largest absolute Gasteiger partial charge is 0.330 e. The molecule has 2 N–H and O–H groups in total. The fourth-order valence-electron chi connectivity index (χ4n) is 3.12. The van der Waals surface area contributed by atoms with E-state index in [4.69, 9.17) is 5.73 Å². The molecule has 0 aromatic carbocycles. The highest BCUT2D eigenvalue weighted by atomic mass is 15.2. The third-order valence-electron chi connectivity index (χ3n) is 4.37. The monoisotopic (exact) mass is 240 g/mol. The van der Waals surface area contributed by atoms with Gasteiger partial charge in [-0.1, -0.05) is 33.1 Å². The second-order valence-corrected chi connectivity index (χ2v) is 6.11. The van der Waals surface area contributed by atoms with Crippen LogP contribution in [0.1, 0.15) is 59.3 Å². The van der Waals surface area contributed by atoms with E-state index in [9.17, 15) is 0 Å². The molecule has 0 aromatic rings. The number of hydrogen-bond acceptors (Lipinski definition) is 2. The van der Waals surface area contributed by atoms with Crippen molar-refractivity contribution in [3.63, 3.8) is 0 Å². The molecule has 0 amide bonds. The molecule has 1 fully saturated rings. The van der Waals surface area contributed by atoms with Crippen molar-refractivity contribution in [3.05, 3.63) is 0 Å². The average Bonchev–Trinajstić information content (AvgIpc) is 2.29. The lowest BCUT2D eigenvalue weighted by Gasteiger charge is -2.41. The van der Waals surface area contributed by atoms with E-state index in [1.54, 1.807) is 0 Å². The van der Waals surface area contributed by atoms with Gasteiger partial charge in [0.2, 0.25) is 0 Å². The maximum absolute atomic E-state index is 5.50. The number of piperidine rings is 1. The highest BCUT2D eigenvalue weighted by Crippen LogP contribution is 2.27. The number of likely N-dealkylation sites (tertiary alicyclic amines) is 1. The molecule has 2 heteroatoms. The average molecular weight is 240 g/mol. The van der Waals surface area contributed by atoms with Crippen LogP contribution in [0.25, 0.3) is 0 Å². The Labute approximate surface area is 108 Å². The Bertz CT molecular complexity index is 193. The predicted molar refractivity (Wildman–Crippen MR) is 76.1 cm³/mol. The van der Waals surface area contributed by atoms with E-state index >= 15 is 0 Å². The Hall–Kier alpha value is -0.0800. The van der Waals surface area contributed by atoms with Gasteiger partial charge in [-0.25, -0.2) is 0 Å². The van der Waals surface area contributed by atoms with Gasteiger partial charge in [-0.3, -0.25) is 0 Å². The molecule has 17 heavy (non-hydrogen) atoms. The first-order chi connectivity index (χ1) is 8.15. The van der Waals surface area contributed by atoms with Crippen LogP contribution in [0, 0.1) is 11.8 Å². The first-order valence-corrected chi connectivity index (χ1v) is 7.59. The van der Waals surface area contributed by atoms with Crippen molar-refractivity contribution < 1.29 is 0 Å². The molecule has 0 saturated carbocycles. The molecule has 1 rings (SSSR count). The third kappa shape index (κ3) is 5.39. The maximum atomic E-state index is 5.50. The molecule has 1 saturated heterocycles. The van der Waals surface area contributed by atoms with Crippen LogP contribution >= 0.6 is 0 Å². The zero-order valence-electron chi connectivity index (χ0n) is 12.1. The fourth-order valence-corrected chi connectivity index (χ4v) is 3.12. The smallest absolute Gasteiger partial charge is 0.00927 e. The van der Waals surface area contributed by atoms with Gasteiger partial charge in [0.25, 0.3) is 0 Å². The van der Waals surface area contributed by atoms with Gasteiger partial charge in [-0.15, -0.1) is 0 Å². The topological polar surface area (TPSA) is 29.3 Å². The number of nitrogens with two attached hydrogens (primary N) is 1. The van der Waals surface area contributed by atoms with Gasteiger partial charge in [-0.2, -0.15) is 0 Å². The van der Waals surface area contributed by atoms with Crippen LogP contribution in [0.4, 0.5) is 0 Å². The highest BCUT2D eigenvalue weighted by Gasteiger charge is 2.27. The van der Waals surface area contributed by atoms with Crippen LogP contribution < -0.4 is 5.73 Å². The lowest BCUT2D eigenvalue weighted by Crippen LogP contribution is -2.45. The van der Waals surface area contributed by atoms with Crippen LogP contribution in [0.2, 0.25) is 0 Å². The Kier molecular flexibility index (Phi) is 7.14. The van der Waals surface area contributed by atoms with Crippen molar-refractivity contribution in [1.29, 1.82) is 0 Å². The van der Waals surface area contributed by atoms with Crippen LogP contribution in [-0.4, -0.2) is 30.6 Å². The summed E-state index contributed by atoms with van der Waals surface area (Å²) in [6, 6.07) is 0.787. The quantitative estimate of drug-likeness (QED) is 0.692. The van der Waals surface area contributed by atoms with Gasteiger partial charge < -0.3 is 10.6 Å². The molecule has 2 nitrogen and oxygen atoms in total. The summed E-state index contributed by atoms with van der Waals surface area (Å²) in [5.74, 6) is 1.76. The number of unbranched alkanes of at least 4 members (excludes halogenated alkanes) is 4. The predicted octanol–water partition coefficient (Wildman–Crippen LogP) is 3.26. The first-order valence-electron chi connectivity index (χ1n) is 7.59. The van der Waals surface area contributed by atoms with Gasteiger partial charge in [0, 0.05) is 12.6 Å². The Morgan fingerprint density at radius 2 is 1.65 bits per heavy atom. The van der Waals surface area contributed by atoms with E-state index in [2.05, 4.69) is 25.7 Å². The minimum absolute atomic E-state index is 0.787. The summed E-state index contributed by atoms with van der Waals surface area (Å²) in [7, 11) is 0. The van der Waals surface area contributed by atoms with E-state index in [0.717, 1.165) is 24.4 Å². The summed E-state index contributed by atoms with van der Waals surface area (Å²) in [5, 5.41) is 0. The number of hydrogen-bond donors (Lipinski definition) is 1. The van der Waals surface area contributed by atoms with Crippen LogP contribution in [0.5, 0.6) is 0 Å². The minimum atomic E-state index is 0.787. The summed E-state index contributed by atoms with van der Waals surface area (Å²) >= 11 is 0. The summed E-state index contributed by atoms with van der Waals surface area (Å²) < 4.78 is 0. The van der Waals surface area contributed by atoms with Gasteiger partial charge in [0.1, 0.15) is 0 Å². The van der Waals surface area contributed by atoms with E-state index in [1.165, 1.54) is 51.6 Å². The lowest BCUT2D eigenvalue weighted by atomic mass is 9.86. The summed E-state index contributed by atoms with van der Waals surface area (Å²) in [5.41, 5.74) is 5.50. The first kappa shape index (κ1) is 15.0. The summed E-state index contributed by atoms with van der Waals surface area (Å²) in [6.45, 7) is 10.7. The molecule has 0 aliphatic carbocycles. The molecule has 0 bridgehead atoms. The molecular formula is C15H32N2. The lowest BCUT2D eigenvalue weighted by molar-refractivity contribution is 0.0781. The van der Waals surface area contributed by atoms with Crippen molar-refractivity contribution in [3.8, 4) is 0 Å². The molecular weight excluding hydrogens is 208 g/mol. The van der Waals surface area contributed by atoms with E-state index in [1.807, 2.05) is 0 Å². The Morgan fingerprint density at radius 3 is 2.35 bits per heavy atom. The minimum Gasteiger partial charge on any atom is -0.330 e. The van der Waals surface area contributed by atoms with Crippen LogP contribution in [0.15, 0.2) is 0 Å². The van der Waals surface area contributed by atoms with Crippen molar-refractivity contribution in [2.24, 2.45) is 17.6 Å². The molecule has 0 radical (unpaired) electrons. The Morgan fingerprint density at radius 1 is 1.00 bits per heavy atom.